The normalized spacial score (nSPS) is 15.3. The van der Waals surface area contributed by atoms with Gasteiger partial charge in [0.25, 0.3) is 5.91 Å². The number of aliphatic hydroxyl groups excluding tert-OH is 1. The Kier molecular flexibility index (Phi) is 4.09. The van der Waals surface area contributed by atoms with Crippen molar-refractivity contribution >= 4 is 5.91 Å². The number of benzene rings is 1. The molecule has 3 N–H and O–H groups in total. The first-order valence-corrected chi connectivity index (χ1v) is 7.67. The van der Waals surface area contributed by atoms with Gasteiger partial charge in [-0.25, -0.2) is 4.98 Å². The lowest BCUT2D eigenvalue weighted by Crippen LogP contribution is -2.32. The predicted molar refractivity (Wildman–Crippen MR) is 86.4 cm³/mol. The molecule has 0 saturated heterocycles. The standard InChI is InChI=1S/C17H21N3O3/c1-11-14(16(22)18-9-17(10-21)6-7-17)20-15(19-11)12-4-3-5-13(8-12)23-2/h3-5,8,21H,6-7,9-10H2,1-2H3,(H,18,22)(H,19,20). The number of rotatable bonds is 6. The van der Waals surface area contributed by atoms with E-state index in [0.717, 1.165) is 24.2 Å². The van der Waals surface area contributed by atoms with Crippen LogP contribution in [0.15, 0.2) is 24.3 Å². The smallest absolute Gasteiger partial charge is 0.271 e. The lowest BCUT2D eigenvalue weighted by Gasteiger charge is -2.11. The number of nitrogens with zero attached hydrogens (tertiary/aromatic N) is 1. The van der Waals surface area contributed by atoms with Gasteiger partial charge in [0.15, 0.2) is 0 Å². The molecule has 122 valence electrons. The van der Waals surface area contributed by atoms with Crippen LogP contribution in [0.2, 0.25) is 0 Å². The third-order valence-electron chi connectivity index (χ3n) is 4.36. The number of aliphatic hydroxyl groups is 1. The number of H-pyrrole nitrogens is 1. The average molecular weight is 315 g/mol. The molecule has 1 saturated carbocycles. The quantitative estimate of drug-likeness (QED) is 0.760. The van der Waals surface area contributed by atoms with E-state index < -0.39 is 0 Å². The summed E-state index contributed by atoms with van der Waals surface area (Å²) in [4.78, 5) is 19.9. The van der Waals surface area contributed by atoms with Crippen molar-refractivity contribution in [3.63, 3.8) is 0 Å². The highest BCUT2D eigenvalue weighted by atomic mass is 16.5. The first-order valence-electron chi connectivity index (χ1n) is 7.67. The van der Waals surface area contributed by atoms with E-state index in [4.69, 9.17) is 4.74 Å². The van der Waals surface area contributed by atoms with Gasteiger partial charge >= 0.3 is 0 Å². The Morgan fingerprint density at radius 3 is 2.91 bits per heavy atom. The Labute approximate surface area is 134 Å². The summed E-state index contributed by atoms with van der Waals surface area (Å²) in [7, 11) is 1.61. The minimum Gasteiger partial charge on any atom is -0.497 e. The van der Waals surface area contributed by atoms with Crippen molar-refractivity contribution in [1.29, 1.82) is 0 Å². The third-order valence-corrected chi connectivity index (χ3v) is 4.36. The zero-order valence-corrected chi connectivity index (χ0v) is 13.3. The topological polar surface area (TPSA) is 87.2 Å². The largest absolute Gasteiger partial charge is 0.497 e. The van der Waals surface area contributed by atoms with E-state index in [0.29, 0.717) is 23.8 Å². The van der Waals surface area contributed by atoms with Crippen molar-refractivity contribution in [2.24, 2.45) is 5.41 Å². The van der Waals surface area contributed by atoms with Gasteiger partial charge in [-0.15, -0.1) is 0 Å². The summed E-state index contributed by atoms with van der Waals surface area (Å²) < 4.78 is 5.21. The van der Waals surface area contributed by atoms with Crippen LogP contribution < -0.4 is 10.1 Å². The molecule has 0 aliphatic heterocycles. The van der Waals surface area contributed by atoms with Crippen LogP contribution in [-0.4, -0.2) is 41.2 Å². The molecule has 1 amide bonds. The Morgan fingerprint density at radius 1 is 1.48 bits per heavy atom. The van der Waals surface area contributed by atoms with Gasteiger partial charge in [-0.3, -0.25) is 4.79 Å². The van der Waals surface area contributed by atoms with E-state index in [-0.39, 0.29) is 17.9 Å². The van der Waals surface area contributed by atoms with Crippen LogP contribution in [0.5, 0.6) is 5.75 Å². The third kappa shape index (κ3) is 3.22. The maximum atomic E-state index is 12.3. The molecule has 0 unspecified atom stereocenters. The number of hydrogen-bond donors (Lipinski definition) is 3. The lowest BCUT2D eigenvalue weighted by atomic mass is 10.1. The summed E-state index contributed by atoms with van der Waals surface area (Å²) in [5.74, 6) is 1.16. The van der Waals surface area contributed by atoms with Crippen molar-refractivity contribution in [2.45, 2.75) is 19.8 Å². The van der Waals surface area contributed by atoms with Crippen LogP contribution in [0.3, 0.4) is 0 Å². The van der Waals surface area contributed by atoms with Crippen molar-refractivity contribution < 1.29 is 14.6 Å². The molecule has 6 nitrogen and oxygen atoms in total. The van der Waals surface area contributed by atoms with E-state index in [1.165, 1.54) is 0 Å². The number of nitrogens with one attached hydrogen (secondary N) is 2. The first-order chi connectivity index (χ1) is 11.1. The van der Waals surface area contributed by atoms with E-state index in [1.807, 2.05) is 31.2 Å². The Morgan fingerprint density at radius 2 is 2.26 bits per heavy atom. The SMILES string of the molecule is COc1cccc(-c2nc(C(=O)NCC3(CO)CC3)c(C)[nH]2)c1. The van der Waals surface area contributed by atoms with Gasteiger partial charge in [0, 0.05) is 23.2 Å². The minimum atomic E-state index is -0.215. The molecule has 1 aliphatic carbocycles. The van der Waals surface area contributed by atoms with Gasteiger partial charge in [0.2, 0.25) is 0 Å². The number of carbonyl (C=O) groups excluding carboxylic acids is 1. The Hall–Kier alpha value is -2.34. The Bertz CT molecular complexity index is 720. The lowest BCUT2D eigenvalue weighted by molar-refractivity contribution is 0.0930. The molecular formula is C17H21N3O3. The van der Waals surface area contributed by atoms with Crippen LogP contribution >= 0.6 is 0 Å². The summed E-state index contributed by atoms with van der Waals surface area (Å²) in [6.45, 7) is 2.43. The van der Waals surface area contributed by atoms with Crippen LogP contribution in [0.25, 0.3) is 11.4 Å². The van der Waals surface area contributed by atoms with Crippen LogP contribution in [0, 0.1) is 12.3 Å². The van der Waals surface area contributed by atoms with Gasteiger partial charge in [-0.1, -0.05) is 12.1 Å². The fraction of sp³-hybridized carbons (Fsp3) is 0.412. The predicted octanol–water partition coefficient (Wildman–Crippen LogP) is 1.90. The molecule has 6 heteroatoms. The highest BCUT2D eigenvalue weighted by molar-refractivity contribution is 5.94. The maximum Gasteiger partial charge on any atom is 0.271 e. The molecule has 0 spiro atoms. The fourth-order valence-corrected chi connectivity index (χ4v) is 2.51. The van der Waals surface area contributed by atoms with Gasteiger partial charge in [-0.2, -0.15) is 0 Å². The van der Waals surface area contributed by atoms with E-state index in [2.05, 4.69) is 15.3 Å². The summed E-state index contributed by atoms with van der Waals surface area (Å²) in [6.07, 6.45) is 1.91. The fourth-order valence-electron chi connectivity index (χ4n) is 2.51. The molecule has 2 aromatic rings. The second kappa shape index (κ2) is 6.04. The van der Waals surface area contributed by atoms with Gasteiger partial charge < -0.3 is 20.1 Å². The van der Waals surface area contributed by atoms with Crippen LogP contribution in [-0.2, 0) is 0 Å². The first kappa shape index (κ1) is 15.6. The molecule has 3 rings (SSSR count). The molecular weight excluding hydrogens is 294 g/mol. The van der Waals surface area contributed by atoms with E-state index in [9.17, 15) is 9.90 Å². The molecule has 0 bridgehead atoms. The average Bonchev–Trinajstić information content (AvgIpc) is 3.27. The molecule has 1 aromatic heterocycles. The highest BCUT2D eigenvalue weighted by Crippen LogP contribution is 2.44. The number of methoxy groups -OCH3 is 1. The van der Waals surface area contributed by atoms with Gasteiger partial charge in [0.1, 0.15) is 17.3 Å². The minimum absolute atomic E-state index is 0.113. The molecule has 1 heterocycles. The van der Waals surface area contributed by atoms with Gasteiger partial charge in [-0.05, 0) is 31.9 Å². The molecule has 1 fully saturated rings. The van der Waals surface area contributed by atoms with Crippen LogP contribution in [0.1, 0.15) is 29.0 Å². The van der Waals surface area contributed by atoms with Crippen molar-refractivity contribution in [3.05, 3.63) is 35.7 Å². The molecule has 23 heavy (non-hydrogen) atoms. The number of hydrogen-bond acceptors (Lipinski definition) is 4. The number of carbonyl (C=O) groups is 1. The number of aromatic amines is 1. The van der Waals surface area contributed by atoms with Crippen molar-refractivity contribution in [3.8, 4) is 17.1 Å². The zero-order chi connectivity index (χ0) is 16.4. The van der Waals surface area contributed by atoms with E-state index in [1.54, 1.807) is 7.11 Å². The number of aryl methyl sites for hydroxylation is 1. The number of amides is 1. The summed E-state index contributed by atoms with van der Waals surface area (Å²) in [5, 5.41) is 12.2. The Balaban J connectivity index is 1.76. The molecule has 0 radical (unpaired) electrons. The number of ether oxygens (including phenoxy) is 1. The van der Waals surface area contributed by atoms with E-state index >= 15 is 0 Å². The summed E-state index contributed by atoms with van der Waals surface area (Å²) >= 11 is 0. The molecule has 1 aliphatic rings. The maximum absolute atomic E-state index is 12.3. The van der Waals surface area contributed by atoms with Crippen molar-refractivity contribution in [1.82, 2.24) is 15.3 Å². The van der Waals surface area contributed by atoms with Gasteiger partial charge in [0.05, 0.1) is 13.7 Å². The second-order valence-electron chi connectivity index (χ2n) is 6.13. The number of aromatic nitrogens is 2. The molecule has 1 aromatic carbocycles. The zero-order valence-electron chi connectivity index (χ0n) is 13.3. The van der Waals surface area contributed by atoms with Crippen molar-refractivity contribution in [2.75, 3.05) is 20.3 Å². The summed E-state index contributed by atoms with van der Waals surface area (Å²) in [6, 6.07) is 7.51. The van der Waals surface area contributed by atoms with Crippen LogP contribution in [0.4, 0.5) is 0 Å². The molecule has 0 atom stereocenters. The summed E-state index contributed by atoms with van der Waals surface area (Å²) in [5.41, 5.74) is 1.85. The second-order valence-corrected chi connectivity index (χ2v) is 6.13. The number of imidazole rings is 1. The monoisotopic (exact) mass is 315 g/mol. The highest BCUT2D eigenvalue weighted by Gasteiger charge is 2.42.